The van der Waals surface area contributed by atoms with Gasteiger partial charge in [-0.3, -0.25) is 0 Å². The molecule has 0 bridgehead atoms. The lowest BCUT2D eigenvalue weighted by Crippen LogP contribution is -2.48. The molecule has 0 spiro atoms. The lowest BCUT2D eigenvalue weighted by Gasteiger charge is -2.37. The summed E-state index contributed by atoms with van der Waals surface area (Å²) in [6.45, 7) is 6.10. The first kappa shape index (κ1) is 20.0. The minimum absolute atomic E-state index is 0.0719. The van der Waals surface area contributed by atoms with Gasteiger partial charge < -0.3 is 19.7 Å². The van der Waals surface area contributed by atoms with E-state index in [4.69, 9.17) is 21.7 Å². The number of rotatable bonds is 7. The van der Waals surface area contributed by atoms with Crippen LogP contribution in [0.15, 0.2) is 42.1 Å². The first-order chi connectivity index (χ1) is 12.4. The highest BCUT2D eigenvalue weighted by molar-refractivity contribution is 7.80. The quantitative estimate of drug-likeness (QED) is 0.339. The summed E-state index contributed by atoms with van der Waals surface area (Å²) in [5, 5.41) is 3.35. The molecule has 1 N–H and O–H groups in total. The largest absolute Gasteiger partial charge is 0.460 e. The summed E-state index contributed by atoms with van der Waals surface area (Å²) in [6, 6.07) is 2.69. The van der Waals surface area contributed by atoms with Crippen LogP contribution in [0.2, 0.25) is 0 Å². The second-order valence-electron chi connectivity index (χ2n) is 5.58. The number of carbonyl (C=O) groups is 1. The van der Waals surface area contributed by atoms with Gasteiger partial charge in [-0.1, -0.05) is 12.1 Å². The van der Waals surface area contributed by atoms with Gasteiger partial charge in [0.2, 0.25) is 0 Å². The molecule has 0 fully saturated rings. The van der Waals surface area contributed by atoms with Crippen molar-refractivity contribution < 1.29 is 23.0 Å². The van der Waals surface area contributed by atoms with Crippen molar-refractivity contribution in [2.75, 3.05) is 26.9 Å². The number of thiocarbonyl (C=S) groups is 1. The van der Waals surface area contributed by atoms with Gasteiger partial charge in [-0.2, -0.15) is 0 Å². The number of esters is 1. The monoisotopic (exact) mass is 382 g/mol. The van der Waals surface area contributed by atoms with Crippen LogP contribution in [0.3, 0.4) is 0 Å². The van der Waals surface area contributed by atoms with Gasteiger partial charge in [0.05, 0.1) is 18.2 Å². The van der Waals surface area contributed by atoms with E-state index in [0.717, 1.165) is 12.1 Å². The van der Waals surface area contributed by atoms with Crippen LogP contribution in [-0.4, -0.2) is 42.8 Å². The zero-order chi connectivity index (χ0) is 19.3. The van der Waals surface area contributed by atoms with Gasteiger partial charge in [-0.05, 0) is 36.8 Å². The Balaban J connectivity index is 2.46. The molecule has 1 aliphatic rings. The van der Waals surface area contributed by atoms with Crippen molar-refractivity contribution in [2.45, 2.75) is 13.0 Å². The van der Waals surface area contributed by atoms with Crippen molar-refractivity contribution in [3.05, 3.63) is 59.3 Å². The Hall–Kier alpha value is -2.32. The van der Waals surface area contributed by atoms with E-state index in [1.807, 2.05) is 0 Å². The summed E-state index contributed by atoms with van der Waals surface area (Å²) < 4.78 is 37.1. The number of carbonyl (C=O) groups excluding carboxylic acids is 1. The van der Waals surface area contributed by atoms with Crippen molar-refractivity contribution in [1.29, 1.82) is 0 Å². The normalized spacial score (nSPS) is 17.2. The highest BCUT2D eigenvalue weighted by Crippen LogP contribution is 2.32. The molecule has 8 heteroatoms. The number of ether oxygens (including phenoxy) is 2. The molecule has 1 heterocycles. The summed E-state index contributed by atoms with van der Waals surface area (Å²) in [4.78, 5) is 14.3. The van der Waals surface area contributed by atoms with E-state index in [-0.39, 0.29) is 18.8 Å². The van der Waals surface area contributed by atoms with Gasteiger partial charge in [0, 0.05) is 19.4 Å². The molecular formula is C18H20F2N2O3S. The number of nitrogens with one attached hydrogen (secondary N) is 1. The molecule has 1 atom stereocenters. The molecule has 2 rings (SSSR count). The third-order valence-electron chi connectivity index (χ3n) is 3.93. The minimum Gasteiger partial charge on any atom is -0.460 e. The van der Waals surface area contributed by atoms with Crippen LogP contribution in [0.4, 0.5) is 8.78 Å². The van der Waals surface area contributed by atoms with Gasteiger partial charge in [0.1, 0.15) is 6.61 Å². The van der Waals surface area contributed by atoms with Crippen LogP contribution >= 0.6 is 12.2 Å². The van der Waals surface area contributed by atoms with Crippen LogP contribution in [0, 0.1) is 11.6 Å². The Kier molecular flexibility index (Phi) is 6.82. The van der Waals surface area contributed by atoms with Crippen LogP contribution < -0.4 is 5.32 Å². The predicted octanol–water partition coefficient (Wildman–Crippen LogP) is 2.85. The van der Waals surface area contributed by atoms with Gasteiger partial charge in [0.25, 0.3) is 0 Å². The van der Waals surface area contributed by atoms with Crippen molar-refractivity contribution in [2.24, 2.45) is 0 Å². The lowest BCUT2D eigenvalue weighted by molar-refractivity contribution is -0.140. The molecule has 140 valence electrons. The maximum Gasteiger partial charge on any atom is 0.338 e. The van der Waals surface area contributed by atoms with Gasteiger partial charge >= 0.3 is 5.97 Å². The number of halogens is 2. The van der Waals surface area contributed by atoms with E-state index < -0.39 is 23.6 Å². The predicted molar refractivity (Wildman–Crippen MR) is 97.3 cm³/mol. The molecule has 0 aliphatic carbocycles. The SMILES string of the molecule is C=CCN1C(=S)N[C@H](c2ccc(F)c(F)c2)C(C(=O)OCCOC)=C1C. The second-order valence-corrected chi connectivity index (χ2v) is 5.97. The Morgan fingerprint density at radius 3 is 2.73 bits per heavy atom. The smallest absolute Gasteiger partial charge is 0.338 e. The average molecular weight is 382 g/mol. The number of methoxy groups -OCH3 is 1. The maximum absolute atomic E-state index is 13.7. The fraction of sp³-hybridized carbons (Fsp3) is 0.333. The summed E-state index contributed by atoms with van der Waals surface area (Å²) in [7, 11) is 1.49. The molecule has 0 amide bonds. The van der Waals surface area contributed by atoms with E-state index >= 15 is 0 Å². The van der Waals surface area contributed by atoms with Crippen LogP contribution in [0.1, 0.15) is 18.5 Å². The van der Waals surface area contributed by atoms with Crippen molar-refractivity contribution in [3.8, 4) is 0 Å². The number of allylic oxidation sites excluding steroid dienone is 1. The van der Waals surface area contributed by atoms with E-state index in [9.17, 15) is 13.6 Å². The summed E-state index contributed by atoms with van der Waals surface area (Å²) >= 11 is 5.34. The highest BCUT2D eigenvalue weighted by atomic mass is 32.1. The average Bonchev–Trinajstić information content (AvgIpc) is 2.60. The topological polar surface area (TPSA) is 50.8 Å². The van der Waals surface area contributed by atoms with E-state index in [1.165, 1.54) is 13.2 Å². The summed E-state index contributed by atoms with van der Waals surface area (Å²) in [5.74, 6) is -2.56. The van der Waals surface area contributed by atoms with E-state index in [2.05, 4.69) is 11.9 Å². The molecule has 1 aliphatic heterocycles. The third-order valence-corrected chi connectivity index (χ3v) is 4.26. The zero-order valence-corrected chi connectivity index (χ0v) is 15.4. The number of hydrogen-bond donors (Lipinski definition) is 1. The molecule has 5 nitrogen and oxygen atoms in total. The first-order valence-electron chi connectivity index (χ1n) is 7.91. The zero-order valence-electron chi connectivity index (χ0n) is 14.6. The number of nitrogens with zero attached hydrogens (tertiary/aromatic N) is 1. The number of benzene rings is 1. The Morgan fingerprint density at radius 2 is 2.12 bits per heavy atom. The van der Waals surface area contributed by atoms with E-state index in [0.29, 0.717) is 22.9 Å². The molecule has 1 aromatic rings. The fourth-order valence-electron chi connectivity index (χ4n) is 2.63. The summed E-state index contributed by atoms with van der Waals surface area (Å²) in [5.41, 5.74) is 1.19. The molecule has 0 saturated carbocycles. The third kappa shape index (κ3) is 4.25. The Morgan fingerprint density at radius 1 is 1.38 bits per heavy atom. The molecule has 0 unspecified atom stereocenters. The van der Waals surface area contributed by atoms with Gasteiger partial charge in [-0.25, -0.2) is 13.6 Å². The Labute approximate surface area is 156 Å². The summed E-state index contributed by atoms with van der Waals surface area (Å²) in [6.07, 6.45) is 1.64. The van der Waals surface area contributed by atoms with Crippen molar-refractivity contribution >= 4 is 23.3 Å². The highest BCUT2D eigenvalue weighted by Gasteiger charge is 2.34. The first-order valence-corrected chi connectivity index (χ1v) is 8.32. The van der Waals surface area contributed by atoms with Crippen molar-refractivity contribution in [1.82, 2.24) is 10.2 Å². The molecule has 0 saturated heterocycles. The molecule has 26 heavy (non-hydrogen) atoms. The molecule has 0 radical (unpaired) electrons. The fourth-order valence-corrected chi connectivity index (χ4v) is 2.96. The molecular weight excluding hydrogens is 362 g/mol. The standard InChI is InChI=1S/C18H20F2N2O3S/c1-4-7-22-11(2)15(17(23)25-9-8-24-3)16(21-18(22)26)12-5-6-13(19)14(20)10-12/h4-6,10,16H,1,7-9H2,2-3H3,(H,21,26)/t16-/m1/s1. The van der Waals surface area contributed by atoms with Crippen LogP contribution in [-0.2, 0) is 14.3 Å². The van der Waals surface area contributed by atoms with Crippen LogP contribution in [0.25, 0.3) is 0 Å². The molecule has 1 aromatic carbocycles. The van der Waals surface area contributed by atoms with E-state index in [1.54, 1.807) is 17.9 Å². The lowest BCUT2D eigenvalue weighted by atomic mass is 9.95. The number of hydrogen-bond acceptors (Lipinski definition) is 4. The maximum atomic E-state index is 13.7. The minimum atomic E-state index is -1.01. The van der Waals surface area contributed by atoms with Crippen molar-refractivity contribution in [3.63, 3.8) is 0 Å². The Bertz CT molecular complexity index is 752. The van der Waals surface area contributed by atoms with Gasteiger partial charge in [0.15, 0.2) is 16.7 Å². The second kappa shape index (κ2) is 8.86. The molecule has 0 aromatic heterocycles. The van der Waals surface area contributed by atoms with Crippen LogP contribution in [0.5, 0.6) is 0 Å². The van der Waals surface area contributed by atoms with Gasteiger partial charge in [-0.15, -0.1) is 6.58 Å².